The summed E-state index contributed by atoms with van der Waals surface area (Å²) >= 11 is 0. The van der Waals surface area contributed by atoms with Crippen molar-refractivity contribution in [2.45, 2.75) is 0 Å². The first-order valence-electron chi connectivity index (χ1n) is 9.54. The van der Waals surface area contributed by atoms with Gasteiger partial charge in [0.05, 0.1) is 28.2 Å². The lowest BCUT2D eigenvalue weighted by Crippen LogP contribution is -2.00. The van der Waals surface area contributed by atoms with Gasteiger partial charge in [-0.2, -0.15) is 0 Å². The van der Waals surface area contributed by atoms with Crippen LogP contribution in [0.5, 0.6) is 0 Å². The van der Waals surface area contributed by atoms with Crippen LogP contribution in [0.4, 0.5) is 0 Å². The maximum Gasteiger partial charge on any atom is 0.336 e. The summed E-state index contributed by atoms with van der Waals surface area (Å²) in [5.41, 5.74) is 5.09. The normalized spacial score (nSPS) is 11.5. The lowest BCUT2D eigenvalue weighted by molar-refractivity contribution is 0.0699. The molecule has 5 aromatic rings. The number of fused-ring (bicyclic) bond motifs is 2. The molecule has 0 bridgehead atoms. The highest BCUT2D eigenvalue weighted by Crippen LogP contribution is 2.26. The van der Waals surface area contributed by atoms with Crippen LogP contribution in [0.1, 0.15) is 21.7 Å². The minimum Gasteiger partial charge on any atom is -0.478 e. The summed E-state index contributed by atoms with van der Waals surface area (Å²) in [6, 6.07) is 24.7. The molecule has 5 heteroatoms. The van der Waals surface area contributed by atoms with Gasteiger partial charge >= 0.3 is 5.97 Å². The van der Waals surface area contributed by atoms with Crippen molar-refractivity contribution >= 4 is 34.7 Å². The molecule has 0 saturated carbocycles. The van der Waals surface area contributed by atoms with Gasteiger partial charge in [0.25, 0.3) is 0 Å². The highest BCUT2D eigenvalue weighted by molar-refractivity contribution is 6.03. The fourth-order valence-electron chi connectivity index (χ4n) is 3.61. The lowest BCUT2D eigenvalue weighted by Gasteiger charge is -2.04. The van der Waals surface area contributed by atoms with Crippen LogP contribution in [0.15, 0.2) is 85.1 Å². The van der Waals surface area contributed by atoms with Crippen LogP contribution >= 0.6 is 0 Å². The molecule has 0 aliphatic carbocycles. The lowest BCUT2D eigenvalue weighted by atomic mass is 10.1. The van der Waals surface area contributed by atoms with E-state index < -0.39 is 5.97 Å². The van der Waals surface area contributed by atoms with Crippen molar-refractivity contribution in [2.75, 3.05) is 0 Å². The predicted molar refractivity (Wildman–Crippen MR) is 118 cm³/mol. The molecule has 144 valence electrons. The van der Waals surface area contributed by atoms with E-state index in [0.717, 1.165) is 22.6 Å². The molecule has 0 unspecified atom stereocenters. The predicted octanol–water partition coefficient (Wildman–Crippen LogP) is 5.42. The summed E-state index contributed by atoms with van der Waals surface area (Å²) in [5, 5.41) is 10.3. The average Bonchev–Trinajstić information content (AvgIpc) is 3.16. The number of aromatic carboxylic acids is 1. The maximum atomic E-state index is 11.7. The number of nitrogens with zero attached hydrogens (tertiary/aromatic N) is 3. The van der Waals surface area contributed by atoms with Crippen molar-refractivity contribution in [1.29, 1.82) is 0 Å². The zero-order chi connectivity index (χ0) is 20.5. The van der Waals surface area contributed by atoms with Gasteiger partial charge < -0.3 is 5.11 Å². The van der Waals surface area contributed by atoms with E-state index in [9.17, 15) is 9.90 Å². The molecule has 0 spiro atoms. The molecule has 0 fully saturated rings. The molecule has 3 aromatic heterocycles. The minimum absolute atomic E-state index is 0.238. The van der Waals surface area contributed by atoms with Gasteiger partial charge in [0, 0.05) is 17.1 Å². The molecule has 5 nitrogen and oxygen atoms in total. The molecule has 0 atom stereocenters. The number of aromatic nitrogens is 3. The molecular formula is C25H17N3O2. The quantitative estimate of drug-likeness (QED) is 0.444. The van der Waals surface area contributed by atoms with Crippen LogP contribution in [0.25, 0.3) is 40.0 Å². The third kappa shape index (κ3) is 3.12. The Hall–Kier alpha value is -4.25. The Bertz CT molecular complexity index is 1420. The Labute approximate surface area is 172 Å². The number of para-hydroxylation sites is 1. The number of hydrogen-bond donors (Lipinski definition) is 1. The Morgan fingerprint density at radius 2 is 1.63 bits per heavy atom. The van der Waals surface area contributed by atoms with Crippen LogP contribution in [0, 0.1) is 0 Å². The molecule has 0 radical (unpaired) electrons. The number of rotatable bonds is 4. The van der Waals surface area contributed by atoms with Crippen molar-refractivity contribution in [1.82, 2.24) is 14.4 Å². The molecule has 5 rings (SSSR count). The number of benzene rings is 2. The molecule has 0 amide bonds. The Balaban J connectivity index is 1.67. The number of carbonyl (C=O) groups is 1. The molecule has 0 aliphatic rings. The largest absolute Gasteiger partial charge is 0.478 e. The first-order valence-corrected chi connectivity index (χ1v) is 9.54. The van der Waals surface area contributed by atoms with E-state index in [2.05, 4.69) is 4.98 Å². The van der Waals surface area contributed by atoms with E-state index in [4.69, 9.17) is 4.98 Å². The van der Waals surface area contributed by atoms with E-state index in [-0.39, 0.29) is 5.56 Å². The highest BCUT2D eigenvalue weighted by atomic mass is 16.4. The van der Waals surface area contributed by atoms with Crippen molar-refractivity contribution in [3.05, 3.63) is 102 Å². The van der Waals surface area contributed by atoms with Gasteiger partial charge in [-0.25, -0.2) is 14.8 Å². The van der Waals surface area contributed by atoms with E-state index in [1.54, 1.807) is 12.1 Å². The van der Waals surface area contributed by atoms with Gasteiger partial charge in [-0.3, -0.25) is 4.40 Å². The van der Waals surface area contributed by atoms with E-state index in [1.165, 1.54) is 0 Å². The monoisotopic (exact) mass is 391 g/mol. The van der Waals surface area contributed by atoms with Gasteiger partial charge in [0.2, 0.25) is 0 Å². The van der Waals surface area contributed by atoms with E-state index >= 15 is 0 Å². The number of carboxylic acid groups (broad SMARTS) is 1. The van der Waals surface area contributed by atoms with E-state index in [1.807, 2.05) is 89.5 Å². The second-order valence-corrected chi connectivity index (χ2v) is 6.89. The zero-order valence-electron chi connectivity index (χ0n) is 15.9. The second-order valence-electron chi connectivity index (χ2n) is 6.89. The summed E-state index contributed by atoms with van der Waals surface area (Å²) < 4.78 is 2.01. The topological polar surface area (TPSA) is 67.5 Å². The third-order valence-electron chi connectivity index (χ3n) is 4.99. The van der Waals surface area contributed by atoms with Gasteiger partial charge in [0.15, 0.2) is 0 Å². The third-order valence-corrected chi connectivity index (χ3v) is 4.99. The summed E-state index contributed by atoms with van der Waals surface area (Å²) in [7, 11) is 0. The Morgan fingerprint density at radius 1 is 0.867 bits per heavy atom. The van der Waals surface area contributed by atoms with Gasteiger partial charge in [0.1, 0.15) is 5.65 Å². The van der Waals surface area contributed by atoms with Crippen molar-refractivity contribution < 1.29 is 9.90 Å². The van der Waals surface area contributed by atoms with E-state index in [0.29, 0.717) is 16.6 Å². The molecule has 3 heterocycles. The van der Waals surface area contributed by atoms with Crippen LogP contribution in [0.3, 0.4) is 0 Å². The standard InChI is InChI=1S/C25H17N3O2/c29-25(30)20-16-18(26-21-11-5-4-10-19(20)21)13-14-22-24(17-8-2-1-3-9-17)27-23-12-6-7-15-28(22)23/h1-16H,(H,29,30). The molecule has 2 aromatic carbocycles. The maximum absolute atomic E-state index is 11.7. The Kier molecular flexibility index (Phi) is 4.33. The minimum atomic E-state index is -0.969. The summed E-state index contributed by atoms with van der Waals surface area (Å²) in [5.74, 6) is -0.969. The van der Waals surface area contributed by atoms with Crippen LogP contribution in [-0.4, -0.2) is 25.4 Å². The van der Waals surface area contributed by atoms with Gasteiger partial charge in [-0.05, 0) is 36.4 Å². The first-order chi connectivity index (χ1) is 14.7. The zero-order valence-corrected chi connectivity index (χ0v) is 15.9. The van der Waals surface area contributed by atoms with Crippen LogP contribution < -0.4 is 0 Å². The molecule has 0 aliphatic heterocycles. The Morgan fingerprint density at radius 3 is 2.47 bits per heavy atom. The molecule has 30 heavy (non-hydrogen) atoms. The van der Waals surface area contributed by atoms with Crippen molar-refractivity contribution in [3.63, 3.8) is 0 Å². The smallest absolute Gasteiger partial charge is 0.336 e. The number of carboxylic acids is 1. The van der Waals surface area contributed by atoms with Crippen molar-refractivity contribution in [2.24, 2.45) is 0 Å². The van der Waals surface area contributed by atoms with Crippen LogP contribution in [-0.2, 0) is 0 Å². The first kappa shape index (κ1) is 17.8. The second kappa shape index (κ2) is 7.29. The van der Waals surface area contributed by atoms with Crippen molar-refractivity contribution in [3.8, 4) is 11.3 Å². The van der Waals surface area contributed by atoms with Crippen LogP contribution in [0.2, 0.25) is 0 Å². The average molecular weight is 391 g/mol. The van der Waals surface area contributed by atoms with Gasteiger partial charge in [-0.1, -0.05) is 54.6 Å². The SMILES string of the molecule is O=C(O)c1cc(C=Cc2c(-c3ccccc3)nc3ccccn23)nc2ccccc12. The fourth-order valence-corrected chi connectivity index (χ4v) is 3.61. The molecule has 0 saturated heterocycles. The summed E-state index contributed by atoms with van der Waals surface area (Å²) in [4.78, 5) is 21.2. The summed E-state index contributed by atoms with van der Waals surface area (Å²) in [6.45, 7) is 0. The highest BCUT2D eigenvalue weighted by Gasteiger charge is 2.13. The number of hydrogen-bond acceptors (Lipinski definition) is 3. The number of imidazole rings is 1. The fraction of sp³-hybridized carbons (Fsp3) is 0. The summed E-state index contributed by atoms with van der Waals surface area (Å²) in [6.07, 6.45) is 5.73. The van der Waals surface area contributed by atoms with Gasteiger partial charge in [-0.15, -0.1) is 0 Å². The number of pyridine rings is 2. The molecular weight excluding hydrogens is 374 g/mol. The molecule has 1 N–H and O–H groups in total.